The van der Waals surface area contributed by atoms with Gasteiger partial charge in [0, 0.05) is 65.6 Å². The van der Waals surface area contributed by atoms with E-state index in [0.717, 1.165) is 69.4 Å². The van der Waals surface area contributed by atoms with Crippen molar-refractivity contribution in [1.82, 2.24) is 21.3 Å². The number of hydrogen-bond acceptors (Lipinski definition) is 18. The molecular formula is C66H145Cl2N6O18Si8+. The molecule has 2 rings (SSSR count). The van der Waals surface area contributed by atoms with E-state index < -0.39 is 67.1 Å². The minimum atomic E-state index is -2.78. The van der Waals surface area contributed by atoms with Crippen molar-refractivity contribution in [2.45, 2.75) is 275 Å². The Morgan fingerprint density at radius 1 is 0.410 bits per heavy atom. The van der Waals surface area contributed by atoms with Gasteiger partial charge in [0.05, 0.1) is 64.8 Å². The van der Waals surface area contributed by atoms with Crippen LogP contribution in [-0.2, 0) is 76.9 Å². The average molecular weight is 1610 g/mol. The number of Topliss-reactive ketones (excluding diaryl/α,β-unsaturated/α-hetero) is 4. The summed E-state index contributed by atoms with van der Waals surface area (Å²) in [7, 11) is -14.9. The maximum atomic E-state index is 12.4. The summed E-state index contributed by atoms with van der Waals surface area (Å²) in [5.41, 5.74) is 0. The Morgan fingerprint density at radius 3 is 0.880 bits per heavy atom. The highest BCUT2D eigenvalue weighted by Crippen LogP contribution is 2.30. The number of carbonyl (C=O) groups is 8. The van der Waals surface area contributed by atoms with Gasteiger partial charge in [-0.05, 0) is 184 Å². The van der Waals surface area contributed by atoms with Crippen molar-refractivity contribution in [1.29, 1.82) is 0 Å². The van der Waals surface area contributed by atoms with Crippen molar-refractivity contribution < 1.29 is 103 Å². The molecule has 2 fully saturated rings. The Bertz CT molecular complexity index is 2280. The quantitative estimate of drug-likeness (QED) is 0.0168. The molecule has 0 saturated carbocycles. The normalized spacial score (nSPS) is 15.8. The number of nitrogens with zero attached hydrogens (tertiary/aromatic N) is 2. The van der Waals surface area contributed by atoms with Crippen LogP contribution in [0.15, 0.2) is 0 Å². The SMILES string of the molecule is C.CC(=O)CCCCC(=O)NCC[N+]1(CCNC(=O)CCCCC(C)=O)CC(O)C1.CCC.COC[Si](C)(O[Si](C)(C)Cl)O[Si](C)(C)O[Si](C)(C)C.COC[Si](C)(O[Si](C)(C)OC1C[N+](CCNC(=O)CCCCC(C)=O)(CCNC(=O)CCCCC(C)=O)C1)O[Si](C)(C)O[Si](C)(C)C.[Cl-]. The topological polar surface area (TPSA) is 288 Å². The Kier molecular flexibility index (Phi) is 54.1. The van der Waals surface area contributed by atoms with E-state index in [9.17, 15) is 43.5 Å². The number of hydrogen-bond donors (Lipinski definition) is 5. The highest BCUT2D eigenvalue weighted by atomic mass is 35.6. The van der Waals surface area contributed by atoms with Gasteiger partial charge in [0.2, 0.25) is 23.6 Å². The number of unbranched alkanes of at least 4 members (excludes halogenated alkanes) is 4. The smallest absolute Gasteiger partial charge is 0.344 e. The molecule has 0 aromatic carbocycles. The largest absolute Gasteiger partial charge is 1.00 e. The van der Waals surface area contributed by atoms with Crippen LogP contribution in [0.4, 0.5) is 0 Å². The number of quaternary nitrogens is 2. The molecule has 2 aliphatic rings. The second-order valence-electron chi connectivity index (χ2n) is 31.0. The van der Waals surface area contributed by atoms with Gasteiger partial charge in [0.25, 0.3) is 7.63 Å². The Balaban J connectivity index is -0.000000738. The van der Waals surface area contributed by atoms with Gasteiger partial charge in [-0.25, -0.2) is 0 Å². The van der Waals surface area contributed by atoms with Crippen LogP contribution in [0, 0.1) is 0 Å². The van der Waals surface area contributed by atoms with E-state index in [1.807, 2.05) is 26.2 Å². The predicted octanol–water partition coefficient (Wildman–Crippen LogP) is 7.82. The molecular weight excluding hydrogens is 1460 g/mol. The van der Waals surface area contributed by atoms with Crippen LogP contribution in [0.3, 0.4) is 0 Å². The number of likely N-dealkylation sites (tertiary alicyclic amines) is 2. The first kappa shape index (κ1) is 105. The second kappa shape index (κ2) is 51.6. The van der Waals surface area contributed by atoms with Crippen LogP contribution in [0.1, 0.15) is 158 Å². The summed E-state index contributed by atoms with van der Waals surface area (Å²) in [4.78, 5) is 92.7. The lowest BCUT2D eigenvalue weighted by Gasteiger charge is -2.52. The van der Waals surface area contributed by atoms with Crippen molar-refractivity contribution in [2.75, 3.05) is 105 Å². The lowest BCUT2D eigenvalue weighted by Crippen LogP contribution is -3.00. The van der Waals surface area contributed by atoms with Gasteiger partial charge >= 0.3 is 42.8 Å². The molecule has 2 unspecified atom stereocenters. The van der Waals surface area contributed by atoms with E-state index in [-0.39, 0.29) is 78.8 Å². The van der Waals surface area contributed by atoms with Crippen LogP contribution in [0.2, 0.25) is 105 Å². The fourth-order valence-corrected chi connectivity index (χ4v) is 47.3. The molecule has 24 nitrogen and oxygen atoms in total. The van der Waals surface area contributed by atoms with Gasteiger partial charge in [-0.1, -0.05) is 27.7 Å². The summed E-state index contributed by atoms with van der Waals surface area (Å²) in [6.07, 6.45) is 11.2. The molecule has 0 radical (unpaired) electrons. The predicted molar refractivity (Wildman–Crippen MR) is 418 cm³/mol. The summed E-state index contributed by atoms with van der Waals surface area (Å²) >= 11 is 6.31. The van der Waals surface area contributed by atoms with Crippen LogP contribution in [0.5, 0.6) is 0 Å². The summed E-state index contributed by atoms with van der Waals surface area (Å²) in [5.74, 6) is 0.559. The molecule has 592 valence electrons. The molecule has 5 N–H and O–H groups in total. The zero-order valence-corrected chi connectivity index (χ0v) is 75.6. The highest BCUT2D eigenvalue weighted by Gasteiger charge is 2.52. The highest BCUT2D eigenvalue weighted by molar-refractivity contribution is 7.17. The minimum absolute atomic E-state index is 0. The number of rotatable bonds is 50. The number of carbonyl (C=O) groups excluding carboxylic acids is 8. The molecule has 0 aromatic rings. The fourth-order valence-electron chi connectivity index (χ4n) is 12.1. The third-order valence-electron chi connectivity index (χ3n) is 15.0. The first-order chi connectivity index (χ1) is 44.9. The Morgan fingerprint density at radius 2 is 0.650 bits per heavy atom. The molecule has 100 heavy (non-hydrogen) atoms. The fraction of sp³-hybridized carbons (Fsp3) is 0.879. The lowest BCUT2D eigenvalue weighted by atomic mass is 10.1. The van der Waals surface area contributed by atoms with E-state index in [1.54, 1.807) is 41.9 Å². The summed E-state index contributed by atoms with van der Waals surface area (Å²) < 4.78 is 57.4. The first-order valence-corrected chi connectivity index (χ1v) is 60.1. The zero-order chi connectivity index (χ0) is 75.9. The van der Waals surface area contributed by atoms with Crippen molar-refractivity contribution in [3.8, 4) is 0 Å². The lowest BCUT2D eigenvalue weighted by molar-refractivity contribution is -0.970. The van der Waals surface area contributed by atoms with Gasteiger partial charge in [0.1, 0.15) is 55.4 Å². The van der Waals surface area contributed by atoms with E-state index in [4.69, 9.17) is 49.7 Å². The third kappa shape index (κ3) is 57.6. The third-order valence-corrected chi connectivity index (χ3v) is 41.8. The van der Waals surface area contributed by atoms with Crippen LogP contribution < -0.4 is 33.7 Å². The number of ether oxygens (including phenoxy) is 2. The monoisotopic (exact) mass is 1600 g/mol. The molecule has 0 aromatic heterocycles. The standard InChI is InChI=1S/C31H65N3O9Si4.C21H37N3O5.C10H29ClO4Si4.C3H8.CH4.ClH/c1-27(35)16-12-14-18-30(37)32-20-22-34(23-21-33-31(38)19-15-13-17-28(2)36)24-29(25-34)40-45(7,8)42-47(11,26-39-3)43-46(9,10)41-44(4,5)6;1-17(25)7-3-5-9-20(28)22-11-13-24(15-19(27)16-24)14-12-23-21(29)10-6-4-8-18(2)26;1-12-10-19(9,14-17(5,6)11)15-18(7,8)13-16(2,3)4;1-3-2;;/h29H,12-26H2,1-11H3,(H-,32,33,37,38);19,27H,3-16H2,1-2H3,(H-,22,23,28,29);10H2,1-9H3;3H2,1-2H3;1H4;1H/p+1. The van der Waals surface area contributed by atoms with E-state index in [1.165, 1.54) is 6.42 Å². The molecule has 34 heteroatoms. The number of aliphatic hydroxyl groups is 1. The van der Waals surface area contributed by atoms with Gasteiger partial charge in [-0.3, -0.25) is 19.2 Å². The van der Waals surface area contributed by atoms with Gasteiger partial charge in [0.15, 0.2) is 22.7 Å². The van der Waals surface area contributed by atoms with E-state index in [0.29, 0.717) is 133 Å². The molecule has 0 aliphatic carbocycles. The first-order valence-electron chi connectivity index (χ1n) is 35.9. The molecule has 4 amide bonds. The number of halogens is 2. The Hall–Kier alpha value is -1.60. The van der Waals surface area contributed by atoms with Crippen molar-refractivity contribution in [3.63, 3.8) is 0 Å². The summed E-state index contributed by atoms with van der Waals surface area (Å²) in [6.45, 7) is 51.6. The molecule has 2 saturated heterocycles. The molecule has 0 bridgehead atoms. The maximum Gasteiger partial charge on any atom is 0.344 e. The van der Waals surface area contributed by atoms with E-state index in [2.05, 4.69) is 114 Å². The number of nitrogens with one attached hydrogen (secondary N) is 4. The number of amides is 4. The maximum absolute atomic E-state index is 12.4. The zero-order valence-electron chi connectivity index (χ0n) is 66.1. The van der Waals surface area contributed by atoms with Crippen molar-refractivity contribution in [3.05, 3.63) is 0 Å². The number of methoxy groups -OCH3 is 2. The molecule has 0 spiro atoms. The minimum Gasteiger partial charge on any atom is -1.00 e. The number of aliphatic hydroxyl groups excluding tert-OH is 1. The van der Waals surface area contributed by atoms with Crippen LogP contribution >= 0.6 is 11.1 Å². The van der Waals surface area contributed by atoms with Gasteiger partial charge < -0.3 is 106 Å². The molecule has 2 aliphatic heterocycles. The average Bonchev–Trinajstić information content (AvgIpc) is 0.783. The van der Waals surface area contributed by atoms with E-state index >= 15 is 0 Å². The second-order valence-corrected chi connectivity index (χ2v) is 63.5. The van der Waals surface area contributed by atoms with Crippen LogP contribution in [-0.4, -0.2) is 245 Å². The number of ketones is 4. The molecule has 2 heterocycles. The van der Waals surface area contributed by atoms with Gasteiger partial charge in [-0.15, -0.1) is 11.1 Å². The van der Waals surface area contributed by atoms with Crippen molar-refractivity contribution in [2.24, 2.45) is 0 Å². The van der Waals surface area contributed by atoms with Crippen molar-refractivity contribution >= 4 is 125 Å². The van der Waals surface area contributed by atoms with Gasteiger partial charge in [-0.2, -0.15) is 0 Å². The summed E-state index contributed by atoms with van der Waals surface area (Å²) in [5, 5.41) is 21.6. The molecule has 2 atom stereocenters. The van der Waals surface area contributed by atoms with Crippen LogP contribution in [0.25, 0.3) is 0 Å². The summed E-state index contributed by atoms with van der Waals surface area (Å²) in [6, 6.07) is 0. The Labute approximate surface area is 626 Å².